The smallest absolute Gasteiger partial charge is 0.419 e. The quantitative estimate of drug-likeness (QED) is 0.158. The zero-order valence-electron chi connectivity index (χ0n) is 21.7. The topological polar surface area (TPSA) is 98.0 Å². The minimum absolute atomic E-state index is 0.0184. The number of ether oxygens (including phenoxy) is 1. The van der Waals surface area contributed by atoms with Crippen molar-refractivity contribution in [2.75, 3.05) is 6.61 Å². The third-order valence-electron chi connectivity index (χ3n) is 5.30. The highest BCUT2D eigenvalue weighted by Gasteiger charge is 2.35. The Hall–Kier alpha value is -3.83. The monoisotopic (exact) mass is 556 g/mol. The predicted octanol–water partition coefficient (Wildman–Crippen LogP) is 8.10. The van der Waals surface area contributed by atoms with Crippen LogP contribution in [0, 0.1) is 5.41 Å². The second-order valence-corrected chi connectivity index (χ2v) is 8.69. The van der Waals surface area contributed by atoms with Gasteiger partial charge in [0.05, 0.1) is 17.0 Å². The Labute approximate surface area is 222 Å². The molecule has 0 fully saturated rings. The van der Waals surface area contributed by atoms with Gasteiger partial charge in [-0.1, -0.05) is 56.1 Å². The molecule has 2 aromatic carbocycles. The Morgan fingerprint density at radius 3 is 2.33 bits per heavy atom. The van der Waals surface area contributed by atoms with E-state index in [1.54, 1.807) is 0 Å². The van der Waals surface area contributed by atoms with Crippen LogP contribution in [0.5, 0.6) is 5.75 Å². The number of nitrogens with two attached hydrogens (primary N) is 1. The average Bonchev–Trinajstić information content (AvgIpc) is 3.34. The summed E-state index contributed by atoms with van der Waals surface area (Å²) in [4.78, 5) is 4.23. The summed E-state index contributed by atoms with van der Waals surface area (Å²) in [7, 11) is 0. The number of nitrogens with one attached hydrogen (secondary N) is 1. The Balaban J connectivity index is 0.00000124. The second-order valence-electron chi connectivity index (χ2n) is 8.69. The number of amidine groups is 1. The van der Waals surface area contributed by atoms with E-state index in [1.807, 2.05) is 13.8 Å². The van der Waals surface area contributed by atoms with Gasteiger partial charge in [-0.25, -0.2) is 0 Å². The lowest BCUT2D eigenvalue weighted by atomic mass is 10.0. The van der Waals surface area contributed by atoms with Crippen LogP contribution in [0.15, 0.2) is 53.1 Å². The maximum absolute atomic E-state index is 13.7. The van der Waals surface area contributed by atoms with Crippen LogP contribution < -0.4 is 10.5 Å². The van der Waals surface area contributed by atoms with Gasteiger partial charge in [-0.3, -0.25) is 5.41 Å². The summed E-state index contributed by atoms with van der Waals surface area (Å²) in [5.74, 6) is 0.0702. The Morgan fingerprint density at radius 2 is 1.72 bits per heavy atom. The van der Waals surface area contributed by atoms with E-state index < -0.39 is 29.2 Å². The molecule has 0 aliphatic heterocycles. The summed E-state index contributed by atoms with van der Waals surface area (Å²) >= 11 is 0. The third-order valence-corrected chi connectivity index (χ3v) is 5.30. The van der Waals surface area contributed by atoms with Crippen molar-refractivity contribution >= 4 is 11.9 Å². The highest BCUT2D eigenvalue weighted by atomic mass is 19.4. The van der Waals surface area contributed by atoms with Crippen molar-refractivity contribution in [2.45, 2.75) is 58.3 Å². The third kappa shape index (κ3) is 9.77. The molecule has 0 unspecified atom stereocenters. The number of rotatable bonds is 9. The van der Waals surface area contributed by atoms with E-state index in [0.717, 1.165) is 43.5 Å². The molecule has 3 N–H and O–H groups in total. The fraction of sp³-hybridized carbons (Fsp3) is 0.370. The first-order valence-corrected chi connectivity index (χ1v) is 12.0. The molecule has 0 saturated carbocycles. The molecule has 0 saturated heterocycles. The summed E-state index contributed by atoms with van der Waals surface area (Å²) in [6, 6.07) is 8.25. The summed E-state index contributed by atoms with van der Waals surface area (Å²) < 4.78 is 90.8. The molecule has 1 atom stereocenters. The molecule has 1 aromatic heterocycles. The summed E-state index contributed by atoms with van der Waals surface area (Å²) in [6.45, 7) is 5.12. The Morgan fingerprint density at radius 1 is 1.08 bits per heavy atom. The van der Waals surface area contributed by atoms with Crippen LogP contribution in [0.1, 0.15) is 68.5 Å². The lowest BCUT2D eigenvalue weighted by Crippen LogP contribution is -2.09. The van der Waals surface area contributed by atoms with Gasteiger partial charge in [0.15, 0.2) is 0 Å². The van der Waals surface area contributed by atoms with Gasteiger partial charge in [0, 0.05) is 11.5 Å². The number of alkyl halides is 6. The molecule has 0 amide bonds. The van der Waals surface area contributed by atoms with Gasteiger partial charge in [-0.2, -0.15) is 31.3 Å². The zero-order valence-corrected chi connectivity index (χ0v) is 21.7. The van der Waals surface area contributed by atoms with Crippen LogP contribution in [0.2, 0.25) is 0 Å². The van der Waals surface area contributed by atoms with Crippen molar-refractivity contribution in [3.8, 4) is 17.1 Å². The molecular weight excluding hydrogens is 526 g/mol. The molecule has 39 heavy (non-hydrogen) atoms. The number of hydrogen-bond acceptors (Lipinski definition) is 5. The summed E-state index contributed by atoms with van der Waals surface area (Å²) in [6.07, 6.45) is -4.14. The summed E-state index contributed by atoms with van der Waals surface area (Å²) in [5, 5.41) is 10.1. The van der Waals surface area contributed by atoms with Gasteiger partial charge in [-0.15, -0.1) is 0 Å². The maximum Gasteiger partial charge on any atom is 0.419 e. The molecule has 12 heteroatoms. The maximum atomic E-state index is 13.7. The van der Waals surface area contributed by atoms with Crippen LogP contribution in [0.25, 0.3) is 17.5 Å². The first-order valence-electron chi connectivity index (χ1n) is 12.0. The Bertz CT molecular complexity index is 1250. The molecule has 1 heterocycles. The van der Waals surface area contributed by atoms with E-state index in [0.29, 0.717) is 5.89 Å². The number of hydrogen-bond donors (Lipinski definition) is 2. The van der Waals surface area contributed by atoms with E-state index in [-0.39, 0.29) is 35.3 Å². The molecule has 0 bridgehead atoms. The SMILES string of the molecule is CC(=N)N.CCCC[C@H](C)c1nc(-c2ccc(OC/C=C/c3ccccc3C(F)(F)F)c(C(F)(F)F)c2)no1. The van der Waals surface area contributed by atoms with Gasteiger partial charge in [0.25, 0.3) is 0 Å². The van der Waals surface area contributed by atoms with Crippen LogP contribution in [0.4, 0.5) is 26.3 Å². The van der Waals surface area contributed by atoms with Crippen molar-refractivity contribution in [1.82, 2.24) is 10.1 Å². The van der Waals surface area contributed by atoms with E-state index in [2.05, 4.69) is 10.1 Å². The van der Waals surface area contributed by atoms with Crippen molar-refractivity contribution < 1.29 is 35.6 Å². The number of halogens is 6. The lowest BCUT2D eigenvalue weighted by Gasteiger charge is -2.14. The second kappa shape index (κ2) is 13.8. The van der Waals surface area contributed by atoms with Gasteiger partial charge < -0.3 is 15.0 Å². The number of nitrogens with zero attached hydrogens (tertiary/aromatic N) is 2. The molecule has 0 spiro atoms. The fourth-order valence-electron chi connectivity index (χ4n) is 3.42. The lowest BCUT2D eigenvalue weighted by molar-refractivity contribution is -0.139. The van der Waals surface area contributed by atoms with Gasteiger partial charge >= 0.3 is 12.4 Å². The van der Waals surface area contributed by atoms with Crippen LogP contribution in [-0.4, -0.2) is 22.6 Å². The van der Waals surface area contributed by atoms with E-state index in [9.17, 15) is 26.3 Å². The number of unbranched alkanes of at least 4 members (excludes halogenated alkanes) is 1. The molecule has 3 rings (SSSR count). The average molecular weight is 557 g/mol. The molecule has 3 aromatic rings. The summed E-state index contributed by atoms with van der Waals surface area (Å²) in [5.41, 5.74) is 2.79. The molecule has 0 aliphatic carbocycles. The predicted molar refractivity (Wildman–Crippen MR) is 136 cm³/mol. The molecule has 0 radical (unpaired) electrons. The molecule has 212 valence electrons. The first kappa shape index (κ1) is 31.4. The van der Waals surface area contributed by atoms with E-state index in [4.69, 9.17) is 20.4 Å². The van der Waals surface area contributed by atoms with Crippen molar-refractivity contribution in [1.29, 1.82) is 5.41 Å². The van der Waals surface area contributed by atoms with Gasteiger partial charge in [-0.05, 0) is 49.2 Å². The van der Waals surface area contributed by atoms with E-state index in [1.165, 1.54) is 37.3 Å². The fourth-order valence-corrected chi connectivity index (χ4v) is 3.42. The molecule has 0 aliphatic rings. The largest absolute Gasteiger partial charge is 0.489 e. The minimum Gasteiger partial charge on any atom is -0.489 e. The van der Waals surface area contributed by atoms with Gasteiger partial charge in [0.2, 0.25) is 11.7 Å². The molecular formula is C27H30F6N4O2. The highest BCUT2D eigenvalue weighted by Crippen LogP contribution is 2.39. The van der Waals surface area contributed by atoms with Crippen molar-refractivity contribution in [2.24, 2.45) is 5.73 Å². The van der Waals surface area contributed by atoms with Gasteiger partial charge in [0.1, 0.15) is 12.4 Å². The van der Waals surface area contributed by atoms with Crippen molar-refractivity contribution in [3.63, 3.8) is 0 Å². The van der Waals surface area contributed by atoms with Crippen LogP contribution in [0.3, 0.4) is 0 Å². The number of aromatic nitrogens is 2. The zero-order chi connectivity index (χ0) is 29.2. The minimum atomic E-state index is -4.74. The van der Waals surface area contributed by atoms with Crippen LogP contribution >= 0.6 is 0 Å². The Kier molecular flexibility index (Phi) is 11.1. The van der Waals surface area contributed by atoms with Crippen LogP contribution in [-0.2, 0) is 12.4 Å². The molecule has 6 nitrogen and oxygen atoms in total. The standard InChI is InChI=1S/C25H24F6N2O2.C2H6N2/c1-3-4-8-16(2)23-32-22(33-35-23)18-12-13-21(20(15-18)25(29,30)31)34-14-7-10-17-9-5-6-11-19(17)24(26,27)28;1-2(3)4/h5-7,9-13,15-16H,3-4,8,14H2,1-2H3;1H3,(H3,3,4)/b10-7+;/t16-;/m0./s1. The van der Waals surface area contributed by atoms with Crippen molar-refractivity contribution in [3.05, 3.63) is 71.1 Å². The number of benzene rings is 2. The van der Waals surface area contributed by atoms with E-state index >= 15 is 0 Å². The highest BCUT2D eigenvalue weighted by molar-refractivity contribution is 5.73. The normalized spacial score (nSPS) is 12.6. The first-order chi connectivity index (χ1) is 18.2.